The van der Waals surface area contributed by atoms with Crippen molar-refractivity contribution in [2.45, 2.75) is 65.3 Å². The average Bonchev–Trinajstić information content (AvgIpc) is 2.45. The number of likely N-dealkylation sites (tertiary alicyclic amines) is 1. The Labute approximate surface area is 124 Å². The lowest BCUT2D eigenvalue weighted by molar-refractivity contribution is -0.113. The molecular formula is C16H32N2O2. The molecule has 0 bridgehead atoms. The standard InChI is InChI=1S/C16H32N2O2/c1-13-6-8-17(10-14(2)20-13)12-18-9-7-16(5,19)15(3,4)11-18/h13-14,19H,6-12H2,1-5H3. The monoisotopic (exact) mass is 284 g/mol. The molecule has 0 aromatic carbocycles. The van der Waals surface area contributed by atoms with Crippen molar-refractivity contribution in [1.29, 1.82) is 0 Å². The number of aliphatic hydroxyl groups is 1. The number of hydrogen-bond acceptors (Lipinski definition) is 4. The van der Waals surface area contributed by atoms with Gasteiger partial charge in [0.2, 0.25) is 0 Å². The minimum Gasteiger partial charge on any atom is -0.390 e. The lowest BCUT2D eigenvalue weighted by atomic mass is 9.71. The van der Waals surface area contributed by atoms with Crippen LogP contribution in [0.2, 0.25) is 0 Å². The van der Waals surface area contributed by atoms with Crippen molar-refractivity contribution in [3.05, 3.63) is 0 Å². The molecule has 2 aliphatic heterocycles. The Morgan fingerprint density at radius 2 is 1.80 bits per heavy atom. The quantitative estimate of drug-likeness (QED) is 0.840. The number of piperidine rings is 1. The molecule has 2 heterocycles. The highest BCUT2D eigenvalue weighted by Crippen LogP contribution is 2.38. The molecule has 4 nitrogen and oxygen atoms in total. The van der Waals surface area contributed by atoms with Gasteiger partial charge < -0.3 is 9.84 Å². The SMILES string of the molecule is CC1CCN(CN2CCC(C)(O)C(C)(C)C2)CC(C)O1. The summed E-state index contributed by atoms with van der Waals surface area (Å²) in [7, 11) is 0. The second-order valence-corrected chi connectivity index (χ2v) is 7.72. The van der Waals surface area contributed by atoms with Gasteiger partial charge >= 0.3 is 0 Å². The highest BCUT2D eigenvalue weighted by atomic mass is 16.5. The Morgan fingerprint density at radius 1 is 1.10 bits per heavy atom. The van der Waals surface area contributed by atoms with Gasteiger partial charge in [0.1, 0.15) is 0 Å². The summed E-state index contributed by atoms with van der Waals surface area (Å²) in [6.45, 7) is 15.7. The van der Waals surface area contributed by atoms with E-state index in [0.717, 1.165) is 45.7 Å². The molecule has 0 aliphatic carbocycles. The molecule has 0 saturated carbocycles. The van der Waals surface area contributed by atoms with Crippen LogP contribution in [0.15, 0.2) is 0 Å². The van der Waals surface area contributed by atoms with E-state index in [1.807, 2.05) is 6.92 Å². The molecule has 0 aromatic rings. The van der Waals surface area contributed by atoms with Gasteiger partial charge in [-0.25, -0.2) is 0 Å². The van der Waals surface area contributed by atoms with Crippen LogP contribution in [0.1, 0.15) is 47.5 Å². The van der Waals surface area contributed by atoms with Crippen molar-refractivity contribution in [3.63, 3.8) is 0 Å². The van der Waals surface area contributed by atoms with E-state index in [-0.39, 0.29) is 5.41 Å². The van der Waals surface area contributed by atoms with Crippen molar-refractivity contribution < 1.29 is 9.84 Å². The first kappa shape index (κ1) is 16.2. The average molecular weight is 284 g/mol. The normalized spacial score (nSPS) is 40.5. The lowest BCUT2D eigenvalue weighted by Gasteiger charge is -2.49. The first-order valence-electron chi connectivity index (χ1n) is 8.02. The van der Waals surface area contributed by atoms with E-state index in [4.69, 9.17) is 4.74 Å². The highest BCUT2D eigenvalue weighted by molar-refractivity contribution is 4.96. The number of nitrogens with zero attached hydrogens (tertiary/aromatic N) is 2. The second kappa shape index (κ2) is 5.91. The maximum atomic E-state index is 10.5. The van der Waals surface area contributed by atoms with Crippen LogP contribution in [-0.2, 0) is 4.74 Å². The van der Waals surface area contributed by atoms with Gasteiger partial charge in [0, 0.05) is 31.6 Å². The number of rotatable bonds is 2. The molecule has 2 fully saturated rings. The van der Waals surface area contributed by atoms with E-state index in [1.165, 1.54) is 0 Å². The van der Waals surface area contributed by atoms with Crippen LogP contribution in [0.25, 0.3) is 0 Å². The Morgan fingerprint density at radius 3 is 2.45 bits per heavy atom. The third-order valence-electron chi connectivity index (χ3n) is 5.22. The van der Waals surface area contributed by atoms with Gasteiger partial charge in [-0.15, -0.1) is 0 Å². The third-order valence-corrected chi connectivity index (χ3v) is 5.22. The van der Waals surface area contributed by atoms with E-state index in [2.05, 4.69) is 37.5 Å². The topological polar surface area (TPSA) is 35.9 Å². The fourth-order valence-electron chi connectivity index (χ4n) is 3.38. The fourth-order valence-corrected chi connectivity index (χ4v) is 3.38. The Kier molecular flexibility index (Phi) is 4.80. The summed E-state index contributed by atoms with van der Waals surface area (Å²) in [4.78, 5) is 4.99. The van der Waals surface area contributed by atoms with Crippen LogP contribution >= 0.6 is 0 Å². The molecule has 2 aliphatic rings. The second-order valence-electron chi connectivity index (χ2n) is 7.72. The van der Waals surface area contributed by atoms with Crippen LogP contribution in [0.5, 0.6) is 0 Å². The van der Waals surface area contributed by atoms with E-state index in [0.29, 0.717) is 12.2 Å². The van der Waals surface area contributed by atoms with Crippen LogP contribution < -0.4 is 0 Å². The summed E-state index contributed by atoms with van der Waals surface area (Å²) >= 11 is 0. The molecular weight excluding hydrogens is 252 g/mol. The minimum atomic E-state index is -0.548. The molecule has 3 unspecified atom stereocenters. The van der Waals surface area contributed by atoms with E-state index in [1.54, 1.807) is 0 Å². The largest absolute Gasteiger partial charge is 0.390 e. The van der Waals surface area contributed by atoms with Crippen LogP contribution in [0.3, 0.4) is 0 Å². The Hall–Kier alpha value is -0.160. The maximum absolute atomic E-state index is 10.5. The molecule has 2 rings (SSSR count). The zero-order valence-corrected chi connectivity index (χ0v) is 13.9. The third kappa shape index (κ3) is 3.73. The van der Waals surface area contributed by atoms with Gasteiger partial charge in [-0.05, 0) is 33.6 Å². The van der Waals surface area contributed by atoms with Crippen molar-refractivity contribution in [1.82, 2.24) is 9.80 Å². The van der Waals surface area contributed by atoms with Gasteiger partial charge in [-0.1, -0.05) is 13.8 Å². The minimum absolute atomic E-state index is 0.0491. The molecule has 20 heavy (non-hydrogen) atoms. The molecule has 0 amide bonds. The predicted octanol–water partition coefficient (Wildman–Crippen LogP) is 1.93. The lowest BCUT2D eigenvalue weighted by Crippen LogP contribution is -2.57. The first-order valence-corrected chi connectivity index (χ1v) is 8.02. The first-order chi connectivity index (χ1) is 9.19. The Balaban J connectivity index is 1.91. The summed E-state index contributed by atoms with van der Waals surface area (Å²) in [5.74, 6) is 0. The maximum Gasteiger partial charge on any atom is 0.0694 e. The van der Waals surface area contributed by atoms with Gasteiger partial charge in [0.25, 0.3) is 0 Å². The summed E-state index contributed by atoms with van der Waals surface area (Å²) in [6, 6.07) is 0. The Bertz CT molecular complexity index is 330. The van der Waals surface area contributed by atoms with Gasteiger partial charge in [0.15, 0.2) is 0 Å². The molecule has 1 N–H and O–H groups in total. The predicted molar refractivity (Wildman–Crippen MR) is 81.7 cm³/mol. The summed E-state index contributed by atoms with van der Waals surface area (Å²) in [5, 5.41) is 10.5. The summed E-state index contributed by atoms with van der Waals surface area (Å²) < 4.78 is 5.90. The zero-order valence-electron chi connectivity index (χ0n) is 13.9. The van der Waals surface area contributed by atoms with Crippen molar-refractivity contribution in [2.24, 2.45) is 5.41 Å². The van der Waals surface area contributed by atoms with Crippen molar-refractivity contribution >= 4 is 0 Å². The zero-order chi connectivity index (χ0) is 15.0. The van der Waals surface area contributed by atoms with E-state index < -0.39 is 5.60 Å². The van der Waals surface area contributed by atoms with Gasteiger partial charge in [-0.3, -0.25) is 9.80 Å². The number of ether oxygens (including phenoxy) is 1. The summed E-state index contributed by atoms with van der Waals surface area (Å²) in [6.07, 6.45) is 2.65. The highest BCUT2D eigenvalue weighted by Gasteiger charge is 2.44. The molecule has 0 spiro atoms. The smallest absolute Gasteiger partial charge is 0.0694 e. The van der Waals surface area contributed by atoms with Crippen LogP contribution in [-0.4, -0.2) is 65.6 Å². The van der Waals surface area contributed by atoms with E-state index in [9.17, 15) is 5.11 Å². The van der Waals surface area contributed by atoms with Crippen LogP contribution in [0.4, 0.5) is 0 Å². The fraction of sp³-hybridized carbons (Fsp3) is 1.00. The number of hydrogen-bond donors (Lipinski definition) is 1. The molecule has 118 valence electrons. The van der Waals surface area contributed by atoms with E-state index >= 15 is 0 Å². The van der Waals surface area contributed by atoms with Crippen LogP contribution in [0, 0.1) is 5.41 Å². The molecule has 0 radical (unpaired) electrons. The van der Waals surface area contributed by atoms with Crippen molar-refractivity contribution in [2.75, 3.05) is 32.8 Å². The molecule has 0 aromatic heterocycles. The molecule has 2 saturated heterocycles. The molecule has 4 heteroatoms. The summed E-state index contributed by atoms with van der Waals surface area (Å²) in [5.41, 5.74) is -0.598. The molecule has 3 atom stereocenters. The van der Waals surface area contributed by atoms with Crippen molar-refractivity contribution in [3.8, 4) is 0 Å². The van der Waals surface area contributed by atoms with Gasteiger partial charge in [0.05, 0.1) is 24.5 Å². The van der Waals surface area contributed by atoms with Gasteiger partial charge in [-0.2, -0.15) is 0 Å².